The highest BCUT2D eigenvalue weighted by Crippen LogP contribution is 2.27. The average molecular weight is 338 g/mol. The summed E-state index contributed by atoms with van der Waals surface area (Å²) in [5.74, 6) is 0. The molecule has 0 aliphatic heterocycles. The van der Waals surface area contributed by atoms with E-state index in [1.165, 1.54) is 0 Å². The van der Waals surface area contributed by atoms with E-state index >= 15 is 0 Å². The molecule has 2 aromatic carbocycles. The Hall–Kier alpha value is -2.24. The normalized spacial score (nSPS) is 11.4. The van der Waals surface area contributed by atoms with E-state index in [4.69, 9.17) is 12.2 Å². The second-order valence-corrected chi connectivity index (χ2v) is 7.17. The van der Waals surface area contributed by atoms with E-state index in [1.54, 1.807) is 15.9 Å². The van der Waals surface area contributed by atoms with Crippen molar-refractivity contribution >= 4 is 44.5 Å². The molecule has 0 unspecified atom stereocenters. The summed E-state index contributed by atoms with van der Waals surface area (Å²) in [5.41, 5.74) is 1.79. The van der Waals surface area contributed by atoms with Gasteiger partial charge in [0.2, 0.25) is 0 Å². The van der Waals surface area contributed by atoms with Crippen LogP contribution in [0.1, 0.15) is 10.4 Å². The fraction of sp³-hybridized carbons (Fsp3) is 0.111. The minimum Gasteiger partial charge on any atom is -0.323 e. The molecule has 4 aromatic rings. The summed E-state index contributed by atoms with van der Waals surface area (Å²) in [4.78, 5) is 18.3. The lowest BCUT2D eigenvalue weighted by Gasteiger charge is -2.10. The van der Waals surface area contributed by atoms with Crippen LogP contribution in [0.2, 0.25) is 0 Å². The summed E-state index contributed by atoms with van der Waals surface area (Å²) in [5, 5.41) is 2.83. The van der Waals surface area contributed by atoms with Crippen LogP contribution in [0.3, 0.4) is 0 Å². The van der Waals surface area contributed by atoms with Crippen molar-refractivity contribution in [2.45, 2.75) is 13.8 Å². The average Bonchev–Trinajstić information content (AvgIpc) is 2.82. The number of fused-ring (bicyclic) bond motifs is 2. The van der Waals surface area contributed by atoms with Crippen molar-refractivity contribution in [1.29, 1.82) is 0 Å². The number of nitrogens with zero attached hydrogens (tertiary/aromatic N) is 1. The Kier molecular flexibility index (Phi) is 3.21. The highest BCUT2D eigenvalue weighted by atomic mass is 32.1. The van der Waals surface area contributed by atoms with Gasteiger partial charge in [0.05, 0.1) is 11.1 Å². The molecule has 114 valence electrons. The third kappa shape index (κ3) is 2.08. The molecule has 5 heteroatoms. The highest BCUT2D eigenvalue weighted by molar-refractivity contribution is 7.71. The minimum atomic E-state index is -0.0537. The molecule has 2 heterocycles. The fourth-order valence-electron chi connectivity index (χ4n) is 2.95. The van der Waals surface area contributed by atoms with E-state index in [0.717, 1.165) is 37.1 Å². The summed E-state index contributed by atoms with van der Waals surface area (Å²) >= 11 is 7.06. The number of hydrogen-bond donors (Lipinski definition) is 1. The van der Waals surface area contributed by atoms with Gasteiger partial charge in [0.1, 0.15) is 4.83 Å². The first-order valence-corrected chi connectivity index (χ1v) is 8.53. The molecule has 23 heavy (non-hydrogen) atoms. The number of rotatable bonds is 1. The maximum Gasteiger partial charge on any atom is 0.267 e. The van der Waals surface area contributed by atoms with Gasteiger partial charge in [0, 0.05) is 10.3 Å². The molecule has 0 saturated heterocycles. The van der Waals surface area contributed by atoms with Crippen molar-refractivity contribution in [1.82, 2.24) is 9.55 Å². The van der Waals surface area contributed by atoms with Gasteiger partial charge in [0.25, 0.3) is 5.56 Å². The van der Waals surface area contributed by atoms with E-state index in [-0.39, 0.29) is 5.56 Å². The van der Waals surface area contributed by atoms with Crippen molar-refractivity contribution in [2.75, 3.05) is 0 Å². The van der Waals surface area contributed by atoms with Gasteiger partial charge in [0.15, 0.2) is 4.77 Å². The zero-order valence-corrected chi connectivity index (χ0v) is 14.3. The van der Waals surface area contributed by atoms with E-state index in [9.17, 15) is 4.79 Å². The van der Waals surface area contributed by atoms with Crippen LogP contribution < -0.4 is 5.56 Å². The summed E-state index contributed by atoms with van der Waals surface area (Å²) < 4.78 is 2.04. The van der Waals surface area contributed by atoms with Crippen LogP contribution in [0.5, 0.6) is 0 Å². The SMILES string of the molecule is Cc1sc2[nH]c(=S)n(-c3cccc4ccccc34)c(=O)c2c1C. The number of H-pyrrole nitrogens is 1. The van der Waals surface area contributed by atoms with Crippen LogP contribution in [0.15, 0.2) is 47.3 Å². The lowest BCUT2D eigenvalue weighted by molar-refractivity contribution is 0.950. The molecule has 4 rings (SSSR count). The maximum atomic E-state index is 13.1. The number of nitrogens with one attached hydrogen (secondary N) is 1. The molecule has 0 saturated carbocycles. The molecule has 2 aromatic heterocycles. The Morgan fingerprint density at radius 1 is 1.09 bits per heavy atom. The summed E-state index contributed by atoms with van der Waals surface area (Å²) in [6, 6.07) is 13.9. The van der Waals surface area contributed by atoms with Gasteiger partial charge in [-0.1, -0.05) is 36.4 Å². The van der Waals surface area contributed by atoms with E-state index in [2.05, 4.69) is 4.98 Å². The third-order valence-corrected chi connectivity index (χ3v) is 5.64. The third-order valence-electron chi connectivity index (χ3n) is 4.23. The van der Waals surface area contributed by atoms with Gasteiger partial charge >= 0.3 is 0 Å². The van der Waals surface area contributed by atoms with Crippen molar-refractivity contribution in [3.05, 3.63) is 68.0 Å². The molecule has 3 nitrogen and oxygen atoms in total. The minimum absolute atomic E-state index is 0.0537. The fourth-order valence-corrected chi connectivity index (χ4v) is 4.35. The lowest BCUT2D eigenvalue weighted by atomic mass is 10.1. The van der Waals surface area contributed by atoms with E-state index in [0.29, 0.717) is 4.77 Å². The Bertz CT molecular complexity index is 1180. The monoisotopic (exact) mass is 338 g/mol. The van der Waals surface area contributed by atoms with Crippen LogP contribution in [0, 0.1) is 18.6 Å². The van der Waals surface area contributed by atoms with Crippen LogP contribution in [-0.2, 0) is 0 Å². The molecular weight excluding hydrogens is 324 g/mol. The maximum absolute atomic E-state index is 13.1. The first kappa shape index (κ1) is 14.4. The lowest BCUT2D eigenvalue weighted by Crippen LogP contribution is -2.20. The number of benzene rings is 2. The number of aromatic nitrogens is 2. The number of aryl methyl sites for hydroxylation is 2. The van der Waals surface area contributed by atoms with Crippen molar-refractivity contribution in [3.8, 4) is 5.69 Å². The van der Waals surface area contributed by atoms with E-state index < -0.39 is 0 Å². The second-order valence-electron chi connectivity index (χ2n) is 5.56. The van der Waals surface area contributed by atoms with Gasteiger partial charge in [-0.15, -0.1) is 11.3 Å². The first-order chi connectivity index (χ1) is 11.1. The summed E-state index contributed by atoms with van der Waals surface area (Å²) in [7, 11) is 0. The zero-order chi connectivity index (χ0) is 16.1. The second kappa shape index (κ2) is 5.15. The highest BCUT2D eigenvalue weighted by Gasteiger charge is 2.14. The Morgan fingerprint density at radius 2 is 1.83 bits per heavy atom. The standard InChI is InChI=1S/C18H14N2OS2/c1-10-11(2)23-16-15(10)17(21)20(18(22)19-16)14-9-5-7-12-6-3-4-8-13(12)14/h3-9H,1-2H3,(H,19,22). The van der Waals surface area contributed by atoms with Crippen LogP contribution >= 0.6 is 23.6 Å². The van der Waals surface area contributed by atoms with Gasteiger partial charge in [-0.05, 0) is 43.1 Å². The molecule has 0 spiro atoms. The summed E-state index contributed by atoms with van der Waals surface area (Å²) in [6.07, 6.45) is 0. The van der Waals surface area contributed by atoms with Gasteiger partial charge in [-0.2, -0.15) is 0 Å². The molecule has 0 aliphatic carbocycles. The molecule has 0 bridgehead atoms. The van der Waals surface area contributed by atoms with Gasteiger partial charge in [-0.3, -0.25) is 9.36 Å². The van der Waals surface area contributed by atoms with E-state index in [1.807, 2.05) is 56.3 Å². The van der Waals surface area contributed by atoms with Crippen LogP contribution in [-0.4, -0.2) is 9.55 Å². The quantitative estimate of drug-likeness (QED) is 0.502. The Balaban J connectivity index is 2.19. The predicted octanol–water partition coefficient (Wildman–Crippen LogP) is 4.88. The van der Waals surface area contributed by atoms with Gasteiger partial charge in [-0.25, -0.2) is 0 Å². The number of aromatic amines is 1. The molecule has 0 atom stereocenters. The molecule has 0 radical (unpaired) electrons. The molecule has 0 fully saturated rings. The number of thiophene rings is 1. The topological polar surface area (TPSA) is 37.8 Å². The zero-order valence-electron chi connectivity index (χ0n) is 12.7. The Morgan fingerprint density at radius 3 is 2.65 bits per heavy atom. The predicted molar refractivity (Wildman–Crippen MR) is 99.6 cm³/mol. The Labute approximate surface area is 141 Å². The smallest absolute Gasteiger partial charge is 0.267 e. The largest absolute Gasteiger partial charge is 0.323 e. The number of hydrogen-bond acceptors (Lipinski definition) is 3. The first-order valence-electron chi connectivity index (χ1n) is 7.31. The van der Waals surface area contributed by atoms with Gasteiger partial charge < -0.3 is 4.98 Å². The van der Waals surface area contributed by atoms with Crippen molar-refractivity contribution in [3.63, 3.8) is 0 Å². The molecule has 1 N–H and O–H groups in total. The molecule has 0 amide bonds. The van der Waals surface area contributed by atoms with Crippen molar-refractivity contribution < 1.29 is 0 Å². The van der Waals surface area contributed by atoms with Crippen molar-refractivity contribution in [2.24, 2.45) is 0 Å². The van der Waals surface area contributed by atoms with Crippen LogP contribution in [0.4, 0.5) is 0 Å². The molecule has 0 aliphatic rings. The van der Waals surface area contributed by atoms with Crippen LogP contribution in [0.25, 0.3) is 26.7 Å². The summed E-state index contributed by atoms with van der Waals surface area (Å²) in [6.45, 7) is 4.01. The molecular formula is C18H14N2OS2.